The van der Waals surface area contributed by atoms with E-state index in [4.69, 9.17) is 0 Å². The SMILES string of the molecule is CCCCCCCCCCCCCCCCCCCCCCCCCCCCCCCCCCC(O)C(CO)NC(=O)CCCCCCCCCCCCCCCCCCCC. The first kappa shape index (κ1) is 61.4. The second-order valence-electron chi connectivity index (χ2n) is 20.4. The predicted molar refractivity (Wildman–Crippen MR) is 276 cm³/mol. The van der Waals surface area contributed by atoms with E-state index < -0.39 is 12.1 Å². The van der Waals surface area contributed by atoms with Gasteiger partial charge in [0.25, 0.3) is 0 Å². The van der Waals surface area contributed by atoms with Crippen LogP contribution in [-0.4, -0.2) is 34.9 Å². The van der Waals surface area contributed by atoms with E-state index in [0.29, 0.717) is 12.8 Å². The number of hydrogen-bond donors (Lipinski definition) is 3. The van der Waals surface area contributed by atoms with Crippen LogP contribution in [0.1, 0.15) is 348 Å². The van der Waals surface area contributed by atoms with Crippen LogP contribution in [0.15, 0.2) is 0 Å². The topological polar surface area (TPSA) is 69.6 Å². The summed E-state index contributed by atoms with van der Waals surface area (Å²) in [6, 6.07) is -0.531. The molecule has 2 unspecified atom stereocenters. The molecule has 0 heterocycles. The quantitative estimate of drug-likeness (QED) is 0.0533. The highest BCUT2D eigenvalue weighted by atomic mass is 16.3. The third-order valence-corrected chi connectivity index (χ3v) is 14.1. The Hall–Kier alpha value is -0.610. The number of carbonyl (C=O) groups excluding carboxylic acids is 1. The van der Waals surface area contributed by atoms with Crippen molar-refractivity contribution in [2.75, 3.05) is 6.61 Å². The third-order valence-electron chi connectivity index (χ3n) is 14.1. The van der Waals surface area contributed by atoms with Crippen LogP contribution >= 0.6 is 0 Å². The predicted octanol–water partition coefficient (Wildman–Crippen LogP) is 19.1. The largest absolute Gasteiger partial charge is 0.394 e. The molecule has 4 heteroatoms. The smallest absolute Gasteiger partial charge is 0.220 e. The normalized spacial score (nSPS) is 12.6. The zero-order valence-electron chi connectivity index (χ0n) is 42.9. The maximum absolute atomic E-state index is 12.5. The van der Waals surface area contributed by atoms with Gasteiger partial charge in [-0.25, -0.2) is 0 Å². The van der Waals surface area contributed by atoms with Crippen LogP contribution in [0.3, 0.4) is 0 Å². The summed E-state index contributed by atoms with van der Waals surface area (Å²) in [5.41, 5.74) is 0. The molecule has 0 aromatic rings. The van der Waals surface area contributed by atoms with Crippen LogP contribution in [-0.2, 0) is 4.79 Å². The molecule has 372 valence electrons. The highest BCUT2D eigenvalue weighted by molar-refractivity contribution is 5.76. The zero-order valence-corrected chi connectivity index (χ0v) is 42.9. The van der Waals surface area contributed by atoms with Gasteiger partial charge in [0.1, 0.15) is 0 Å². The van der Waals surface area contributed by atoms with E-state index in [1.54, 1.807) is 0 Å². The van der Waals surface area contributed by atoms with E-state index in [1.807, 2.05) is 0 Å². The van der Waals surface area contributed by atoms with Crippen molar-refractivity contribution in [1.82, 2.24) is 5.32 Å². The number of rotatable bonds is 55. The molecule has 0 aromatic heterocycles. The first-order valence-corrected chi connectivity index (χ1v) is 29.2. The lowest BCUT2D eigenvalue weighted by molar-refractivity contribution is -0.123. The minimum Gasteiger partial charge on any atom is -0.394 e. The van der Waals surface area contributed by atoms with E-state index in [9.17, 15) is 15.0 Å². The van der Waals surface area contributed by atoms with Gasteiger partial charge in [-0.3, -0.25) is 4.79 Å². The average molecular weight is 877 g/mol. The molecular formula is C58H117NO3. The molecule has 0 aliphatic heterocycles. The van der Waals surface area contributed by atoms with Gasteiger partial charge in [0.15, 0.2) is 0 Å². The fourth-order valence-corrected chi connectivity index (χ4v) is 9.66. The monoisotopic (exact) mass is 876 g/mol. The van der Waals surface area contributed by atoms with E-state index in [2.05, 4.69) is 19.2 Å². The summed E-state index contributed by atoms with van der Waals surface area (Å²) >= 11 is 0. The van der Waals surface area contributed by atoms with Gasteiger partial charge < -0.3 is 15.5 Å². The van der Waals surface area contributed by atoms with Gasteiger partial charge in [0.05, 0.1) is 18.8 Å². The van der Waals surface area contributed by atoms with Crippen LogP contribution < -0.4 is 5.32 Å². The number of amides is 1. The Kier molecular flexibility index (Phi) is 54.2. The summed E-state index contributed by atoms with van der Waals surface area (Å²) in [5.74, 6) is -0.0226. The minimum atomic E-state index is -0.655. The van der Waals surface area contributed by atoms with Gasteiger partial charge in [0.2, 0.25) is 5.91 Å². The lowest BCUT2D eigenvalue weighted by Crippen LogP contribution is -2.45. The number of unbranched alkanes of at least 4 members (excludes halogenated alkanes) is 48. The highest BCUT2D eigenvalue weighted by Crippen LogP contribution is 2.19. The van der Waals surface area contributed by atoms with Gasteiger partial charge in [-0.15, -0.1) is 0 Å². The number of hydrogen-bond acceptors (Lipinski definition) is 3. The summed E-state index contributed by atoms with van der Waals surface area (Å²) in [6.45, 7) is 4.41. The molecule has 0 radical (unpaired) electrons. The number of aliphatic hydroxyl groups is 2. The van der Waals surface area contributed by atoms with Gasteiger partial charge >= 0.3 is 0 Å². The van der Waals surface area contributed by atoms with Crippen LogP contribution in [0.4, 0.5) is 0 Å². The molecule has 2 atom stereocenters. The average Bonchev–Trinajstić information content (AvgIpc) is 3.28. The van der Waals surface area contributed by atoms with E-state index in [-0.39, 0.29) is 12.5 Å². The van der Waals surface area contributed by atoms with Gasteiger partial charge in [0, 0.05) is 6.42 Å². The van der Waals surface area contributed by atoms with Crippen molar-refractivity contribution in [3.63, 3.8) is 0 Å². The fraction of sp³-hybridized carbons (Fsp3) is 0.983. The highest BCUT2D eigenvalue weighted by Gasteiger charge is 2.20. The summed E-state index contributed by atoms with van der Waals surface area (Å²) in [4.78, 5) is 12.5. The van der Waals surface area contributed by atoms with Crippen molar-refractivity contribution in [3.8, 4) is 0 Å². The van der Waals surface area contributed by atoms with E-state index in [1.165, 1.54) is 295 Å². The molecule has 0 spiro atoms. The molecule has 3 N–H and O–H groups in total. The summed E-state index contributed by atoms with van der Waals surface area (Å²) < 4.78 is 0. The summed E-state index contributed by atoms with van der Waals surface area (Å²) in [6.07, 6.45) is 69.7. The van der Waals surface area contributed by atoms with Gasteiger partial charge in [-0.1, -0.05) is 328 Å². The lowest BCUT2D eigenvalue weighted by atomic mass is 10.0. The molecule has 0 saturated heterocycles. The van der Waals surface area contributed by atoms with Crippen molar-refractivity contribution in [3.05, 3.63) is 0 Å². The molecule has 0 rings (SSSR count). The Morgan fingerprint density at radius 1 is 0.323 bits per heavy atom. The molecule has 1 amide bonds. The summed E-state index contributed by atoms with van der Waals surface area (Å²) in [7, 11) is 0. The van der Waals surface area contributed by atoms with Crippen LogP contribution in [0, 0.1) is 0 Å². The van der Waals surface area contributed by atoms with Crippen LogP contribution in [0.25, 0.3) is 0 Å². The molecule has 0 aromatic carbocycles. The van der Waals surface area contributed by atoms with Crippen molar-refractivity contribution in [1.29, 1.82) is 0 Å². The first-order chi connectivity index (χ1) is 30.7. The van der Waals surface area contributed by atoms with Gasteiger partial charge in [-0.2, -0.15) is 0 Å². The molecule has 0 bridgehead atoms. The molecule has 0 saturated carbocycles. The Bertz CT molecular complexity index is 819. The second kappa shape index (κ2) is 54.7. The molecule has 0 fully saturated rings. The zero-order chi connectivity index (χ0) is 44.9. The standard InChI is InChI=1S/C58H117NO3/c1-3-5-7-9-11-13-15-17-19-21-23-24-25-26-27-28-29-30-31-32-33-34-35-36-37-39-41-43-45-47-49-51-53-57(61)56(55-60)59-58(62)54-52-50-48-46-44-42-40-38-22-20-18-16-14-12-10-8-6-4-2/h56-57,60-61H,3-55H2,1-2H3,(H,59,62). The van der Waals surface area contributed by atoms with Crippen molar-refractivity contribution >= 4 is 5.91 Å². The maximum Gasteiger partial charge on any atom is 0.220 e. The van der Waals surface area contributed by atoms with Gasteiger partial charge in [-0.05, 0) is 12.8 Å². The van der Waals surface area contributed by atoms with E-state index in [0.717, 1.165) is 25.7 Å². The number of nitrogens with one attached hydrogen (secondary N) is 1. The first-order valence-electron chi connectivity index (χ1n) is 29.2. The second-order valence-corrected chi connectivity index (χ2v) is 20.4. The Morgan fingerprint density at radius 2 is 0.516 bits per heavy atom. The molecule has 0 aliphatic carbocycles. The molecular weight excluding hydrogens is 759 g/mol. The molecule has 0 aliphatic rings. The third kappa shape index (κ3) is 50.4. The molecule has 62 heavy (non-hydrogen) atoms. The number of carbonyl (C=O) groups is 1. The van der Waals surface area contributed by atoms with E-state index >= 15 is 0 Å². The van der Waals surface area contributed by atoms with Crippen molar-refractivity contribution in [2.24, 2.45) is 0 Å². The minimum absolute atomic E-state index is 0.0226. The maximum atomic E-state index is 12.5. The Balaban J connectivity index is 3.37. The number of aliphatic hydroxyl groups excluding tert-OH is 2. The van der Waals surface area contributed by atoms with Crippen LogP contribution in [0.5, 0.6) is 0 Å². The summed E-state index contributed by atoms with van der Waals surface area (Å²) in [5, 5.41) is 23.3. The van der Waals surface area contributed by atoms with Crippen molar-refractivity contribution < 1.29 is 15.0 Å². The lowest BCUT2D eigenvalue weighted by Gasteiger charge is -2.22. The molecule has 4 nitrogen and oxygen atoms in total. The fourth-order valence-electron chi connectivity index (χ4n) is 9.66. The van der Waals surface area contributed by atoms with Crippen LogP contribution in [0.2, 0.25) is 0 Å². The van der Waals surface area contributed by atoms with Crippen molar-refractivity contribution in [2.45, 2.75) is 360 Å². The Labute approximate surface area is 391 Å². The Morgan fingerprint density at radius 3 is 0.726 bits per heavy atom.